The molecule has 0 aliphatic carbocycles. The predicted octanol–water partition coefficient (Wildman–Crippen LogP) is 3.36. The molecule has 0 radical (unpaired) electrons. The van der Waals surface area contributed by atoms with Gasteiger partial charge in [-0.2, -0.15) is 0 Å². The maximum absolute atomic E-state index is 12.8. The second-order valence-electron chi connectivity index (χ2n) is 4.96. The van der Waals surface area contributed by atoms with Gasteiger partial charge in [-0.25, -0.2) is 0 Å². The number of rotatable bonds is 5. The maximum atomic E-state index is 12.8. The summed E-state index contributed by atoms with van der Waals surface area (Å²) in [5, 5.41) is 0. The number of carbonyl (C=O) groups is 1. The van der Waals surface area contributed by atoms with E-state index in [-0.39, 0.29) is 5.91 Å². The molecule has 0 bridgehead atoms. The van der Waals surface area contributed by atoms with Crippen molar-refractivity contribution in [1.29, 1.82) is 0 Å². The van der Waals surface area contributed by atoms with E-state index in [0.29, 0.717) is 25.2 Å². The third kappa shape index (κ3) is 4.16. The van der Waals surface area contributed by atoms with Crippen LogP contribution in [-0.4, -0.2) is 23.9 Å². The first-order chi connectivity index (χ1) is 10.1. The monoisotopic (exact) mass is 346 g/mol. The molecule has 21 heavy (non-hydrogen) atoms. The van der Waals surface area contributed by atoms with Gasteiger partial charge in [0.1, 0.15) is 0 Å². The lowest BCUT2D eigenvalue weighted by Crippen LogP contribution is -2.35. The van der Waals surface area contributed by atoms with Gasteiger partial charge in [-0.05, 0) is 30.2 Å². The Morgan fingerprint density at radius 3 is 2.57 bits per heavy atom. The Balaban J connectivity index is 2.25. The van der Waals surface area contributed by atoms with Crippen LogP contribution in [0, 0.1) is 6.92 Å². The highest BCUT2D eigenvalue weighted by Gasteiger charge is 2.17. The molecular weight excluding hydrogens is 328 g/mol. The lowest BCUT2D eigenvalue weighted by Gasteiger charge is -2.23. The van der Waals surface area contributed by atoms with Crippen molar-refractivity contribution in [2.45, 2.75) is 13.5 Å². The molecule has 0 fully saturated rings. The van der Waals surface area contributed by atoms with Crippen LogP contribution >= 0.6 is 15.9 Å². The molecule has 2 aromatic rings. The molecule has 0 spiro atoms. The van der Waals surface area contributed by atoms with Gasteiger partial charge >= 0.3 is 0 Å². The summed E-state index contributed by atoms with van der Waals surface area (Å²) in [7, 11) is 0. The molecule has 0 saturated carbocycles. The van der Waals surface area contributed by atoms with E-state index in [1.54, 1.807) is 4.90 Å². The summed E-state index contributed by atoms with van der Waals surface area (Å²) >= 11 is 3.42. The number of hydrogen-bond acceptors (Lipinski definition) is 2. The van der Waals surface area contributed by atoms with Gasteiger partial charge in [-0.15, -0.1) is 0 Å². The first-order valence-electron chi connectivity index (χ1n) is 6.91. The van der Waals surface area contributed by atoms with Gasteiger partial charge in [-0.3, -0.25) is 4.79 Å². The number of carbonyl (C=O) groups excluding carboxylic acids is 1. The quantitative estimate of drug-likeness (QED) is 0.902. The van der Waals surface area contributed by atoms with E-state index < -0.39 is 0 Å². The molecule has 2 rings (SSSR count). The van der Waals surface area contributed by atoms with E-state index >= 15 is 0 Å². The largest absolute Gasteiger partial charge is 0.333 e. The lowest BCUT2D eigenvalue weighted by atomic mass is 10.1. The Bertz CT molecular complexity index is 613. The van der Waals surface area contributed by atoms with Crippen LogP contribution in [0.2, 0.25) is 0 Å². The third-order valence-corrected chi connectivity index (χ3v) is 3.83. The topological polar surface area (TPSA) is 46.3 Å². The fraction of sp³-hybridized carbons (Fsp3) is 0.235. The van der Waals surface area contributed by atoms with Crippen LogP contribution in [-0.2, 0) is 6.54 Å². The summed E-state index contributed by atoms with van der Waals surface area (Å²) in [6.07, 6.45) is 0. The fourth-order valence-electron chi connectivity index (χ4n) is 2.21. The van der Waals surface area contributed by atoms with E-state index in [4.69, 9.17) is 5.73 Å². The zero-order valence-corrected chi connectivity index (χ0v) is 13.6. The first kappa shape index (κ1) is 15.7. The number of hydrogen-bond donors (Lipinski definition) is 1. The number of aryl methyl sites for hydroxylation is 1. The SMILES string of the molecule is Cc1ccc(Br)cc1C(=O)N(CCN)Cc1ccccc1. The maximum Gasteiger partial charge on any atom is 0.254 e. The van der Waals surface area contributed by atoms with Gasteiger partial charge in [0.25, 0.3) is 5.91 Å². The van der Waals surface area contributed by atoms with Crippen molar-refractivity contribution in [3.8, 4) is 0 Å². The summed E-state index contributed by atoms with van der Waals surface area (Å²) in [6.45, 7) is 3.51. The molecule has 0 aliphatic rings. The summed E-state index contributed by atoms with van der Waals surface area (Å²) in [4.78, 5) is 14.6. The number of halogens is 1. The van der Waals surface area contributed by atoms with Gasteiger partial charge in [0.2, 0.25) is 0 Å². The minimum absolute atomic E-state index is 0.0168. The van der Waals surface area contributed by atoms with Crippen molar-refractivity contribution in [2.24, 2.45) is 5.73 Å². The highest BCUT2D eigenvalue weighted by molar-refractivity contribution is 9.10. The van der Waals surface area contributed by atoms with Crippen LogP contribution in [0.1, 0.15) is 21.5 Å². The number of nitrogens with two attached hydrogens (primary N) is 1. The smallest absolute Gasteiger partial charge is 0.254 e. The standard InChI is InChI=1S/C17H19BrN2O/c1-13-7-8-15(18)11-16(13)17(21)20(10-9-19)12-14-5-3-2-4-6-14/h2-8,11H,9-10,12,19H2,1H3. The van der Waals surface area contributed by atoms with Gasteiger partial charge in [0, 0.05) is 29.7 Å². The van der Waals surface area contributed by atoms with Gasteiger partial charge < -0.3 is 10.6 Å². The molecule has 2 N–H and O–H groups in total. The Kier molecular flexibility index (Phi) is 5.53. The second kappa shape index (κ2) is 7.38. The summed E-state index contributed by atoms with van der Waals surface area (Å²) < 4.78 is 0.906. The van der Waals surface area contributed by atoms with Crippen molar-refractivity contribution >= 4 is 21.8 Å². The van der Waals surface area contributed by atoms with Crippen LogP contribution in [0.15, 0.2) is 53.0 Å². The number of nitrogens with zero attached hydrogens (tertiary/aromatic N) is 1. The molecule has 0 aliphatic heterocycles. The van der Waals surface area contributed by atoms with Crippen LogP contribution < -0.4 is 5.73 Å². The minimum atomic E-state index is 0.0168. The minimum Gasteiger partial charge on any atom is -0.333 e. The Labute approximate surface area is 133 Å². The number of benzene rings is 2. The fourth-order valence-corrected chi connectivity index (χ4v) is 2.57. The Morgan fingerprint density at radius 1 is 1.19 bits per heavy atom. The van der Waals surface area contributed by atoms with Crippen LogP contribution in [0.4, 0.5) is 0 Å². The van der Waals surface area contributed by atoms with E-state index in [9.17, 15) is 4.79 Å². The van der Waals surface area contributed by atoms with Gasteiger partial charge in [0.15, 0.2) is 0 Å². The van der Waals surface area contributed by atoms with E-state index in [2.05, 4.69) is 15.9 Å². The highest BCUT2D eigenvalue weighted by atomic mass is 79.9. The number of amides is 1. The van der Waals surface area contributed by atoms with Crippen molar-refractivity contribution in [1.82, 2.24) is 4.90 Å². The Hall–Kier alpha value is -1.65. The van der Waals surface area contributed by atoms with E-state index in [1.807, 2.05) is 55.5 Å². The van der Waals surface area contributed by atoms with E-state index in [0.717, 1.165) is 15.6 Å². The normalized spacial score (nSPS) is 10.4. The van der Waals surface area contributed by atoms with Crippen molar-refractivity contribution in [3.63, 3.8) is 0 Å². The van der Waals surface area contributed by atoms with Crippen molar-refractivity contribution in [3.05, 3.63) is 69.7 Å². The third-order valence-electron chi connectivity index (χ3n) is 3.33. The van der Waals surface area contributed by atoms with E-state index in [1.165, 1.54) is 0 Å². The molecule has 0 heterocycles. The molecule has 3 nitrogen and oxygen atoms in total. The zero-order valence-electron chi connectivity index (χ0n) is 12.1. The molecule has 0 unspecified atom stereocenters. The average Bonchev–Trinajstić information content (AvgIpc) is 2.49. The van der Waals surface area contributed by atoms with Crippen LogP contribution in [0.5, 0.6) is 0 Å². The van der Waals surface area contributed by atoms with Gasteiger partial charge in [-0.1, -0.05) is 52.3 Å². The highest BCUT2D eigenvalue weighted by Crippen LogP contribution is 2.18. The average molecular weight is 347 g/mol. The summed E-state index contributed by atoms with van der Waals surface area (Å²) in [6, 6.07) is 15.7. The van der Waals surface area contributed by atoms with Crippen LogP contribution in [0.3, 0.4) is 0 Å². The summed E-state index contributed by atoms with van der Waals surface area (Å²) in [5.41, 5.74) is 8.45. The molecule has 0 atom stereocenters. The molecule has 110 valence electrons. The first-order valence-corrected chi connectivity index (χ1v) is 7.70. The zero-order chi connectivity index (χ0) is 15.2. The van der Waals surface area contributed by atoms with Crippen molar-refractivity contribution < 1.29 is 4.79 Å². The molecule has 1 amide bonds. The molecular formula is C17H19BrN2O. The van der Waals surface area contributed by atoms with Crippen molar-refractivity contribution in [2.75, 3.05) is 13.1 Å². The molecule has 0 saturated heterocycles. The molecule has 4 heteroatoms. The van der Waals surface area contributed by atoms with Crippen LogP contribution in [0.25, 0.3) is 0 Å². The molecule has 0 aromatic heterocycles. The van der Waals surface area contributed by atoms with Gasteiger partial charge in [0.05, 0.1) is 0 Å². The summed E-state index contributed by atoms with van der Waals surface area (Å²) in [5.74, 6) is 0.0168. The Morgan fingerprint density at radius 2 is 1.90 bits per heavy atom. The molecule has 2 aromatic carbocycles. The second-order valence-corrected chi connectivity index (χ2v) is 5.88. The lowest BCUT2D eigenvalue weighted by molar-refractivity contribution is 0.0747. The predicted molar refractivity (Wildman–Crippen MR) is 89.1 cm³/mol.